The lowest BCUT2D eigenvalue weighted by molar-refractivity contribution is 0.0778. The molecular weight excluding hydrogens is 332 g/mol. The Morgan fingerprint density at radius 3 is 2.81 bits per heavy atom. The van der Waals surface area contributed by atoms with Crippen LogP contribution in [0.15, 0.2) is 41.1 Å². The van der Waals surface area contributed by atoms with E-state index >= 15 is 0 Å². The molecule has 0 aliphatic carbocycles. The Balaban J connectivity index is 2.12. The zero-order valence-electron chi connectivity index (χ0n) is 12.0. The first-order chi connectivity index (χ1) is 10.1. The lowest BCUT2D eigenvalue weighted by Gasteiger charge is -2.17. The summed E-state index contributed by atoms with van der Waals surface area (Å²) < 4.78 is 0.983. The molecule has 1 amide bonds. The van der Waals surface area contributed by atoms with E-state index < -0.39 is 0 Å². The second-order valence-electron chi connectivity index (χ2n) is 4.57. The minimum atomic E-state index is -0.155. The molecule has 0 radical (unpaired) electrons. The molecule has 0 unspecified atom stereocenters. The fourth-order valence-corrected chi connectivity index (χ4v) is 2.29. The Bertz CT molecular complexity index is 633. The number of hydrogen-bond donors (Lipinski definition) is 1. The Labute approximate surface area is 132 Å². The van der Waals surface area contributed by atoms with Crippen molar-refractivity contribution in [2.75, 3.05) is 18.9 Å². The van der Waals surface area contributed by atoms with Crippen molar-refractivity contribution in [3.8, 4) is 0 Å². The summed E-state index contributed by atoms with van der Waals surface area (Å²) in [5.41, 5.74) is 1.38. The lowest BCUT2D eigenvalue weighted by Crippen LogP contribution is -2.27. The second-order valence-corrected chi connectivity index (χ2v) is 5.43. The normalized spacial score (nSPS) is 10.2. The molecule has 2 rings (SSSR count). The maximum Gasteiger partial charge on any atom is 0.274 e. The Kier molecular flexibility index (Phi) is 5.27. The lowest BCUT2D eigenvalue weighted by atomic mass is 10.2. The zero-order valence-corrected chi connectivity index (χ0v) is 13.6. The first kappa shape index (κ1) is 15.4. The van der Waals surface area contributed by atoms with Crippen molar-refractivity contribution >= 4 is 27.7 Å². The van der Waals surface area contributed by atoms with Crippen molar-refractivity contribution in [3.05, 3.63) is 52.4 Å². The van der Waals surface area contributed by atoms with Crippen molar-refractivity contribution in [2.45, 2.75) is 13.5 Å². The largest absolute Gasteiger partial charge is 0.369 e. The number of aromatic nitrogens is 2. The van der Waals surface area contributed by atoms with E-state index in [0.717, 1.165) is 16.6 Å². The molecule has 21 heavy (non-hydrogen) atoms. The predicted molar refractivity (Wildman–Crippen MR) is 86.1 cm³/mol. The number of amides is 1. The first-order valence-electron chi connectivity index (χ1n) is 6.66. The molecule has 1 aromatic heterocycles. The standard InChI is InChI=1S/C15H17BrN4O/c1-3-18-14-9-17-8-13(19-14)15(21)20(2)10-11-6-4-5-7-12(11)16/h4-9H,3,10H2,1-2H3,(H,18,19). The zero-order chi connectivity index (χ0) is 15.2. The van der Waals surface area contributed by atoms with Crippen molar-refractivity contribution < 1.29 is 4.79 Å². The van der Waals surface area contributed by atoms with Crippen LogP contribution in [0.4, 0.5) is 5.82 Å². The van der Waals surface area contributed by atoms with E-state index in [1.165, 1.54) is 6.20 Å². The number of hydrogen-bond acceptors (Lipinski definition) is 4. The Morgan fingerprint density at radius 1 is 1.33 bits per heavy atom. The number of benzene rings is 1. The third-order valence-electron chi connectivity index (χ3n) is 2.92. The molecule has 5 nitrogen and oxygen atoms in total. The summed E-state index contributed by atoms with van der Waals surface area (Å²) in [4.78, 5) is 22.3. The summed E-state index contributed by atoms with van der Waals surface area (Å²) in [6, 6.07) is 7.83. The molecule has 1 heterocycles. The summed E-state index contributed by atoms with van der Waals surface area (Å²) in [7, 11) is 1.75. The van der Waals surface area contributed by atoms with Gasteiger partial charge < -0.3 is 10.2 Å². The summed E-state index contributed by atoms with van der Waals surface area (Å²) in [5, 5.41) is 3.05. The maximum absolute atomic E-state index is 12.4. The van der Waals surface area contributed by atoms with Crippen LogP contribution in [0.3, 0.4) is 0 Å². The number of carbonyl (C=O) groups is 1. The van der Waals surface area contributed by atoms with E-state index in [0.29, 0.717) is 18.1 Å². The maximum atomic E-state index is 12.4. The molecule has 1 aromatic carbocycles. The molecule has 0 aliphatic rings. The van der Waals surface area contributed by atoms with Gasteiger partial charge in [0.05, 0.1) is 12.4 Å². The van der Waals surface area contributed by atoms with E-state index in [-0.39, 0.29) is 5.91 Å². The van der Waals surface area contributed by atoms with Gasteiger partial charge in [-0.1, -0.05) is 34.1 Å². The van der Waals surface area contributed by atoms with Crippen molar-refractivity contribution in [1.82, 2.24) is 14.9 Å². The van der Waals surface area contributed by atoms with Gasteiger partial charge in [-0.15, -0.1) is 0 Å². The van der Waals surface area contributed by atoms with Crippen LogP contribution in [0.5, 0.6) is 0 Å². The molecule has 0 spiro atoms. The monoisotopic (exact) mass is 348 g/mol. The summed E-state index contributed by atoms with van der Waals surface area (Å²) in [5.74, 6) is 0.454. The summed E-state index contributed by atoms with van der Waals surface area (Å²) in [6.07, 6.45) is 3.09. The molecule has 6 heteroatoms. The first-order valence-corrected chi connectivity index (χ1v) is 7.46. The van der Waals surface area contributed by atoms with Crippen LogP contribution in [0, 0.1) is 0 Å². The average Bonchev–Trinajstić information content (AvgIpc) is 2.49. The van der Waals surface area contributed by atoms with Crippen LogP contribution in [-0.4, -0.2) is 34.4 Å². The highest BCUT2D eigenvalue weighted by atomic mass is 79.9. The molecule has 0 fully saturated rings. The van der Waals surface area contributed by atoms with Gasteiger partial charge in [0, 0.05) is 24.6 Å². The van der Waals surface area contributed by atoms with E-state index in [9.17, 15) is 4.79 Å². The van der Waals surface area contributed by atoms with Crippen molar-refractivity contribution in [1.29, 1.82) is 0 Å². The molecule has 2 aromatic rings. The van der Waals surface area contributed by atoms with Gasteiger partial charge in [0.1, 0.15) is 11.5 Å². The third-order valence-corrected chi connectivity index (χ3v) is 3.70. The van der Waals surface area contributed by atoms with Gasteiger partial charge >= 0.3 is 0 Å². The SMILES string of the molecule is CCNc1cncc(C(=O)N(C)Cc2ccccc2Br)n1. The van der Waals surface area contributed by atoms with Gasteiger partial charge in [0.2, 0.25) is 0 Å². The Hall–Kier alpha value is -1.95. The van der Waals surface area contributed by atoms with Crippen molar-refractivity contribution in [3.63, 3.8) is 0 Å². The number of carbonyl (C=O) groups excluding carboxylic acids is 1. The quantitative estimate of drug-likeness (QED) is 0.902. The fourth-order valence-electron chi connectivity index (χ4n) is 1.88. The van der Waals surface area contributed by atoms with E-state index in [1.807, 2.05) is 31.2 Å². The van der Waals surface area contributed by atoms with Gasteiger partial charge in [0.15, 0.2) is 0 Å². The van der Waals surface area contributed by atoms with Crippen LogP contribution < -0.4 is 5.32 Å². The topological polar surface area (TPSA) is 58.1 Å². The Morgan fingerprint density at radius 2 is 2.10 bits per heavy atom. The van der Waals surface area contributed by atoms with Crippen LogP contribution in [0.1, 0.15) is 23.0 Å². The summed E-state index contributed by atoms with van der Waals surface area (Å²) >= 11 is 3.49. The van der Waals surface area contributed by atoms with E-state index in [1.54, 1.807) is 18.1 Å². The molecule has 0 aliphatic heterocycles. The summed E-state index contributed by atoms with van der Waals surface area (Å²) in [6.45, 7) is 3.21. The number of anilines is 1. The van der Waals surface area contributed by atoms with Crippen molar-refractivity contribution in [2.24, 2.45) is 0 Å². The molecule has 1 N–H and O–H groups in total. The molecular formula is C15H17BrN4O. The molecule has 0 atom stereocenters. The number of nitrogens with zero attached hydrogens (tertiary/aromatic N) is 3. The minimum Gasteiger partial charge on any atom is -0.369 e. The van der Waals surface area contributed by atoms with Gasteiger partial charge in [-0.25, -0.2) is 4.98 Å². The highest BCUT2D eigenvalue weighted by Crippen LogP contribution is 2.18. The van der Waals surface area contributed by atoms with Gasteiger partial charge in [-0.2, -0.15) is 0 Å². The smallest absolute Gasteiger partial charge is 0.274 e. The predicted octanol–water partition coefficient (Wildman–Crippen LogP) is 2.94. The minimum absolute atomic E-state index is 0.155. The average molecular weight is 349 g/mol. The number of halogens is 1. The highest BCUT2D eigenvalue weighted by molar-refractivity contribution is 9.10. The highest BCUT2D eigenvalue weighted by Gasteiger charge is 2.15. The van der Waals surface area contributed by atoms with E-state index in [4.69, 9.17) is 0 Å². The van der Waals surface area contributed by atoms with E-state index in [2.05, 4.69) is 31.2 Å². The molecule has 110 valence electrons. The third kappa shape index (κ3) is 4.01. The van der Waals surface area contributed by atoms with Gasteiger partial charge in [-0.3, -0.25) is 9.78 Å². The second kappa shape index (κ2) is 7.17. The van der Waals surface area contributed by atoms with Crippen LogP contribution in [0.2, 0.25) is 0 Å². The molecule has 0 bridgehead atoms. The van der Waals surface area contributed by atoms with Gasteiger partial charge in [0.25, 0.3) is 5.91 Å². The molecule has 0 saturated carbocycles. The molecule has 0 saturated heterocycles. The van der Waals surface area contributed by atoms with Crippen LogP contribution in [0.25, 0.3) is 0 Å². The fraction of sp³-hybridized carbons (Fsp3) is 0.267. The number of nitrogens with one attached hydrogen (secondary N) is 1. The van der Waals surface area contributed by atoms with Gasteiger partial charge in [-0.05, 0) is 18.6 Å². The van der Waals surface area contributed by atoms with Crippen LogP contribution in [-0.2, 0) is 6.54 Å². The number of rotatable bonds is 5. The van der Waals surface area contributed by atoms with Crippen LogP contribution >= 0.6 is 15.9 Å².